The van der Waals surface area contributed by atoms with E-state index in [1.54, 1.807) is 0 Å². The molecule has 1 aromatic heterocycles. The van der Waals surface area contributed by atoms with Gasteiger partial charge in [0, 0.05) is 11.1 Å². The molecule has 1 heterocycles. The first-order chi connectivity index (χ1) is 12.1. The number of phenols is 1. The molecule has 0 aliphatic rings. The van der Waals surface area contributed by atoms with Crippen molar-refractivity contribution in [1.82, 2.24) is 4.98 Å². The van der Waals surface area contributed by atoms with Gasteiger partial charge in [-0.05, 0) is 43.5 Å². The second kappa shape index (κ2) is 10.7. The van der Waals surface area contributed by atoms with E-state index in [-0.39, 0.29) is 0 Å². The molecule has 0 atom stereocenters. The van der Waals surface area contributed by atoms with Gasteiger partial charge >= 0.3 is 0 Å². The fraction of sp³-hybridized carbons (Fsp3) is 0.591. The van der Waals surface area contributed by atoms with Crippen LogP contribution >= 0.6 is 11.6 Å². The highest BCUT2D eigenvalue weighted by molar-refractivity contribution is 6.35. The summed E-state index contributed by atoms with van der Waals surface area (Å²) in [6, 6.07) is 5.77. The molecule has 0 radical (unpaired) electrons. The molecule has 0 saturated heterocycles. The SMILES string of the molecule is CCCCCCCCCCCCc1cc(Cl)c2ccc(C)nc2c1O. The summed E-state index contributed by atoms with van der Waals surface area (Å²) in [6.45, 7) is 4.19. The number of hydrogen-bond donors (Lipinski definition) is 1. The third-order valence-corrected chi connectivity index (χ3v) is 5.23. The minimum absolute atomic E-state index is 0.305. The Morgan fingerprint density at radius 1 is 0.920 bits per heavy atom. The molecular formula is C22H32ClNO. The van der Waals surface area contributed by atoms with E-state index in [1.807, 2.05) is 25.1 Å². The van der Waals surface area contributed by atoms with Crippen LogP contribution in [0.5, 0.6) is 5.75 Å². The fourth-order valence-electron chi connectivity index (χ4n) is 3.37. The Morgan fingerprint density at radius 2 is 1.52 bits per heavy atom. The van der Waals surface area contributed by atoms with Crippen LogP contribution in [0.25, 0.3) is 10.9 Å². The lowest BCUT2D eigenvalue weighted by molar-refractivity contribution is 0.471. The van der Waals surface area contributed by atoms with Crippen molar-refractivity contribution in [3.63, 3.8) is 0 Å². The van der Waals surface area contributed by atoms with E-state index in [2.05, 4.69) is 11.9 Å². The minimum atomic E-state index is 0.305. The number of nitrogens with zero attached hydrogens (tertiary/aromatic N) is 1. The van der Waals surface area contributed by atoms with Crippen molar-refractivity contribution in [2.24, 2.45) is 0 Å². The Labute approximate surface area is 157 Å². The molecule has 0 aliphatic carbocycles. The minimum Gasteiger partial charge on any atom is -0.505 e. The van der Waals surface area contributed by atoms with Crippen molar-refractivity contribution in [3.05, 3.63) is 34.5 Å². The third kappa shape index (κ3) is 6.18. The summed E-state index contributed by atoms with van der Waals surface area (Å²) in [7, 11) is 0. The molecular weight excluding hydrogens is 330 g/mol. The Morgan fingerprint density at radius 3 is 2.16 bits per heavy atom. The molecule has 1 aromatic carbocycles. The molecule has 0 aliphatic heterocycles. The normalized spacial score (nSPS) is 11.3. The summed E-state index contributed by atoms with van der Waals surface area (Å²) < 4.78 is 0. The quantitative estimate of drug-likeness (QED) is 0.424. The highest BCUT2D eigenvalue weighted by Crippen LogP contribution is 2.34. The number of hydrogen-bond acceptors (Lipinski definition) is 2. The summed E-state index contributed by atoms with van der Waals surface area (Å²) in [4.78, 5) is 4.46. The Balaban J connectivity index is 1.75. The molecule has 2 aromatic rings. The van der Waals surface area contributed by atoms with Crippen LogP contribution in [0.15, 0.2) is 18.2 Å². The second-order valence-electron chi connectivity index (χ2n) is 7.15. The van der Waals surface area contributed by atoms with Gasteiger partial charge in [0.1, 0.15) is 11.3 Å². The summed E-state index contributed by atoms with van der Waals surface area (Å²) in [5, 5.41) is 12.0. The number of aromatic hydroxyl groups is 1. The van der Waals surface area contributed by atoms with Gasteiger partial charge in [0.05, 0.1) is 5.02 Å². The Hall–Kier alpha value is -1.28. The summed E-state index contributed by atoms with van der Waals surface area (Å²) in [5.41, 5.74) is 2.46. The zero-order chi connectivity index (χ0) is 18.1. The number of aromatic nitrogens is 1. The van der Waals surface area contributed by atoms with Gasteiger partial charge < -0.3 is 5.11 Å². The van der Waals surface area contributed by atoms with E-state index in [0.717, 1.165) is 29.5 Å². The molecule has 0 bridgehead atoms. The molecule has 0 unspecified atom stereocenters. The van der Waals surface area contributed by atoms with Gasteiger partial charge in [0.25, 0.3) is 0 Å². The Bertz CT molecular complexity index is 669. The third-order valence-electron chi connectivity index (χ3n) is 4.92. The second-order valence-corrected chi connectivity index (χ2v) is 7.55. The van der Waals surface area contributed by atoms with Gasteiger partial charge in [-0.25, -0.2) is 4.98 Å². The number of unbranched alkanes of at least 4 members (excludes halogenated alkanes) is 9. The molecule has 0 fully saturated rings. The number of rotatable bonds is 11. The first-order valence-corrected chi connectivity index (χ1v) is 10.3. The molecule has 138 valence electrons. The smallest absolute Gasteiger partial charge is 0.145 e. The summed E-state index contributed by atoms with van der Waals surface area (Å²) in [5.74, 6) is 0.305. The first-order valence-electron chi connectivity index (χ1n) is 9.91. The molecule has 3 heteroatoms. The number of pyridine rings is 1. The molecule has 0 spiro atoms. The van der Waals surface area contributed by atoms with Crippen LogP contribution < -0.4 is 0 Å². The number of halogens is 1. The maximum Gasteiger partial charge on any atom is 0.145 e. The van der Waals surface area contributed by atoms with E-state index < -0.39 is 0 Å². The van der Waals surface area contributed by atoms with E-state index in [4.69, 9.17) is 11.6 Å². The maximum atomic E-state index is 10.5. The highest BCUT2D eigenvalue weighted by atomic mass is 35.5. The van der Waals surface area contributed by atoms with Crippen molar-refractivity contribution < 1.29 is 5.11 Å². The molecule has 2 nitrogen and oxygen atoms in total. The van der Waals surface area contributed by atoms with Crippen LogP contribution in [-0.4, -0.2) is 10.1 Å². The maximum absolute atomic E-state index is 10.5. The fourth-order valence-corrected chi connectivity index (χ4v) is 3.66. The van der Waals surface area contributed by atoms with E-state index in [1.165, 1.54) is 57.8 Å². The lowest BCUT2D eigenvalue weighted by atomic mass is 10.0. The van der Waals surface area contributed by atoms with Gasteiger partial charge in [-0.15, -0.1) is 0 Å². The average molecular weight is 362 g/mol. The highest BCUT2D eigenvalue weighted by Gasteiger charge is 2.11. The van der Waals surface area contributed by atoms with E-state index in [0.29, 0.717) is 16.3 Å². The van der Waals surface area contributed by atoms with E-state index in [9.17, 15) is 5.11 Å². The topological polar surface area (TPSA) is 33.1 Å². The van der Waals surface area contributed by atoms with Crippen molar-refractivity contribution >= 4 is 22.5 Å². The van der Waals surface area contributed by atoms with E-state index >= 15 is 0 Å². The van der Waals surface area contributed by atoms with Crippen molar-refractivity contribution in [2.45, 2.75) is 84.5 Å². The zero-order valence-electron chi connectivity index (χ0n) is 15.8. The predicted molar refractivity (Wildman–Crippen MR) is 109 cm³/mol. The Kier molecular flexibility index (Phi) is 8.54. The predicted octanol–water partition coefficient (Wildman–Crippen LogP) is 7.37. The molecule has 2 rings (SSSR count). The zero-order valence-corrected chi connectivity index (χ0v) is 16.5. The number of fused-ring (bicyclic) bond motifs is 1. The van der Waals surface area contributed by atoms with Gasteiger partial charge in [-0.3, -0.25) is 0 Å². The number of benzene rings is 1. The van der Waals surface area contributed by atoms with Gasteiger partial charge in [-0.2, -0.15) is 0 Å². The van der Waals surface area contributed by atoms with Gasteiger partial charge in [0.15, 0.2) is 0 Å². The summed E-state index contributed by atoms with van der Waals surface area (Å²) in [6.07, 6.45) is 14.0. The standard InChI is InChI=1S/C22H32ClNO/c1-3-4-5-6-7-8-9-10-11-12-13-18-16-20(23)19-15-14-17(2)24-21(19)22(18)25/h14-16,25H,3-13H2,1-2H3. The summed E-state index contributed by atoms with van der Waals surface area (Å²) >= 11 is 6.37. The number of phenolic OH excluding ortho intramolecular Hbond substituents is 1. The molecule has 0 saturated carbocycles. The van der Waals surface area contributed by atoms with Crippen molar-refractivity contribution in [1.29, 1.82) is 0 Å². The molecule has 25 heavy (non-hydrogen) atoms. The van der Waals surface area contributed by atoms with Crippen LogP contribution in [0, 0.1) is 6.92 Å². The van der Waals surface area contributed by atoms with Gasteiger partial charge in [0.2, 0.25) is 0 Å². The lowest BCUT2D eigenvalue weighted by Crippen LogP contribution is -1.92. The first kappa shape index (κ1) is 20.0. The van der Waals surface area contributed by atoms with Crippen LogP contribution in [0.1, 0.15) is 82.4 Å². The largest absolute Gasteiger partial charge is 0.505 e. The molecule has 1 N–H and O–H groups in total. The lowest BCUT2D eigenvalue weighted by Gasteiger charge is -2.10. The average Bonchev–Trinajstić information content (AvgIpc) is 2.60. The van der Waals surface area contributed by atoms with Crippen LogP contribution in [-0.2, 0) is 6.42 Å². The molecule has 0 amide bonds. The van der Waals surface area contributed by atoms with Gasteiger partial charge in [-0.1, -0.05) is 76.3 Å². The number of aryl methyl sites for hydroxylation is 2. The van der Waals surface area contributed by atoms with Crippen LogP contribution in [0.2, 0.25) is 5.02 Å². The van der Waals surface area contributed by atoms with Crippen LogP contribution in [0.4, 0.5) is 0 Å². The van der Waals surface area contributed by atoms with Crippen molar-refractivity contribution in [2.75, 3.05) is 0 Å². The van der Waals surface area contributed by atoms with Crippen LogP contribution in [0.3, 0.4) is 0 Å². The monoisotopic (exact) mass is 361 g/mol. The van der Waals surface area contributed by atoms with Crippen molar-refractivity contribution in [3.8, 4) is 5.75 Å².